The standard InChI is InChI=1S/C25H27BrN6O9/c1-3-38-24(34)40-12-10-31(11-13-41-25(35)39-4-2)23-18(15-27)22(19(26)14-20(23)32(36)37)30-28-16-21(33)29-17-8-6-5-7-9-17/h5-9,14H,3-4,10-13,16H2,1-2H3,(H,29,33). The summed E-state index contributed by atoms with van der Waals surface area (Å²) in [6.07, 6.45) is -1.91. The largest absolute Gasteiger partial charge is 0.508 e. The molecule has 0 heterocycles. The summed E-state index contributed by atoms with van der Waals surface area (Å²) in [6.45, 7) is 2.05. The number of nitrogens with one attached hydrogen (secondary N) is 1. The number of carbonyl (C=O) groups is 3. The SMILES string of the molecule is CCOC(=O)OCCN(CCOC(=O)OCC)c1c([N+](=O)[O-])cc(Br)c(N=NCC(=O)Nc2ccccc2)c1C#N. The molecule has 16 heteroatoms. The molecule has 0 radical (unpaired) electrons. The Labute approximate surface area is 243 Å². The highest BCUT2D eigenvalue weighted by molar-refractivity contribution is 9.10. The number of azo groups is 1. The number of hydrogen-bond donors (Lipinski definition) is 1. The number of nitro groups is 1. The molecule has 0 fully saturated rings. The van der Waals surface area contributed by atoms with E-state index in [-0.39, 0.29) is 60.9 Å². The van der Waals surface area contributed by atoms with Crippen LogP contribution in [0.25, 0.3) is 0 Å². The molecular formula is C25H27BrN6O9. The summed E-state index contributed by atoms with van der Waals surface area (Å²) >= 11 is 3.19. The Bertz CT molecular complexity index is 1280. The van der Waals surface area contributed by atoms with Gasteiger partial charge >= 0.3 is 12.3 Å². The quantitative estimate of drug-likeness (QED) is 0.125. The Balaban J connectivity index is 2.40. The van der Waals surface area contributed by atoms with Gasteiger partial charge in [0.2, 0.25) is 5.91 Å². The van der Waals surface area contributed by atoms with Gasteiger partial charge in [0.1, 0.15) is 42.8 Å². The summed E-state index contributed by atoms with van der Waals surface area (Å²) < 4.78 is 19.5. The Kier molecular flexibility index (Phi) is 13.5. The van der Waals surface area contributed by atoms with Crippen LogP contribution in [0.3, 0.4) is 0 Å². The summed E-state index contributed by atoms with van der Waals surface area (Å²) in [5, 5.41) is 32.5. The lowest BCUT2D eigenvalue weighted by Crippen LogP contribution is -2.33. The van der Waals surface area contributed by atoms with Crippen LogP contribution in [0.5, 0.6) is 0 Å². The Morgan fingerprint density at radius 1 is 1.05 bits per heavy atom. The van der Waals surface area contributed by atoms with Crippen molar-refractivity contribution in [3.05, 3.63) is 56.5 Å². The molecule has 0 aliphatic carbocycles. The van der Waals surface area contributed by atoms with E-state index in [1.807, 2.05) is 6.07 Å². The molecule has 2 aromatic rings. The lowest BCUT2D eigenvalue weighted by Gasteiger charge is -2.25. The van der Waals surface area contributed by atoms with Gasteiger partial charge in [0.25, 0.3) is 5.69 Å². The Morgan fingerprint density at radius 2 is 1.63 bits per heavy atom. The summed E-state index contributed by atoms with van der Waals surface area (Å²) in [4.78, 5) is 48.2. The third-order valence-corrected chi connectivity index (χ3v) is 5.56. The fraction of sp³-hybridized carbons (Fsp3) is 0.360. The van der Waals surface area contributed by atoms with E-state index in [0.717, 1.165) is 6.07 Å². The van der Waals surface area contributed by atoms with Crippen molar-refractivity contribution in [1.29, 1.82) is 5.26 Å². The maximum atomic E-state index is 12.3. The fourth-order valence-corrected chi connectivity index (χ4v) is 3.80. The van der Waals surface area contributed by atoms with Gasteiger partial charge in [0.15, 0.2) is 0 Å². The monoisotopic (exact) mass is 634 g/mol. The maximum Gasteiger partial charge on any atom is 0.508 e. The van der Waals surface area contributed by atoms with Gasteiger partial charge in [-0.1, -0.05) is 18.2 Å². The first-order chi connectivity index (χ1) is 19.7. The zero-order valence-corrected chi connectivity index (χ0v) is 23.8. The normalized spacial score (nSPS) is 10.4. The van der Waals surface area contributed by atoms with E-state index < -0.39 is 35.4 Å². The van der Waals surface area contributed by atoms with Crippen LogP contribution in [0.1, 0.15) is 19.4 Å². The number of rotatable bonds is 14. The Hall–Kier alpha value is -4.78. The van der Waals surface area contributed by atoms with Crippen molar-refractivity contribution < 1.29 is 38.3 Å². The van der Waals surface area contributed by atoms with Gasteiger partial charge in [0.05, 0.1) is 35.7 Å². The zero-order valence-electron chi connectivity index (χ0n) is 22.2. The fourth-order valence-electron chi connectivity index (χ4n) is 3.30. The predicted octanol–water partition coefficient (Wildman–Crippen LogP) is 5.10. The number of nitrogens with zero attached hydrogens (tertiary/aromatic N) is 5. The number of para-hydroxylation sites is 1. The minimum absolute atomic E-state index is 0.0715. The van der Waals surface area contributed by atoms with Gasteiger partial charge in [-0.2, -0.15) is 15.5 Å². The van der Waals surface area contributed by atoms with Gasteiger partial charge in [-0.05, 0) is 41.9 Å². The maximum absolute atomic E-state index is 12.3. The first kappa shape index (κ1) is 32.4. The molecule has 0 atom stereocenters. The molecule has 0 aliphatic rings. The molecule has 0 spiro atoms. The molecule has 0 aromatic heterocycles. The van der Waals surface area contributed by atoms with Crippen LogP contribution in [0.2, 0.25) is 0 Å². The number of amides is 1. The molecule has 15 nitrogen and oxygen atoms in total. The minimum atomic E-state index is -0.954. The van der Waals surface area contributed by atoms with E-state index in [1.54, 1.807) is 44.2 Å². The molecule has 0 saturated carbocycles. The van der Waals surface area contributed by atoms with Crippen LogP contribution in [-0.4, -0.2) is 69.2 Å². The van der Waals surface area contributed by atoms with Gasteiger partial charge in [-0.3, -0.25) is 14.9 Å². The number of nitriles is 1. The van der Waals surface area contributed by atoms with Crippen molar-refractivity contribution in [2.75, 3.05) is 56.3 Å². The van der Waals surface area contributed by atoms with Gasteiger partial charge in [-0.25, -0.2) is 9.59 Å². The third kappa shape index (κ3) is 10.4. The second-order valence-electron chi connectivity index (χ2n) is 7.68. The van der Waals surface area contributed by atoms with Crippen LogP contribution >= 0.6 is 15.9 Å². The first-order valence-corrected chi connectivity index (χ1v) is 13.0. The van der Waals surface area contributed by atoms with E-state index in [1.165, 1.54) is 4.90 Å². The first-order valence-electron chi connectivity index (χ1n) is 12.2. The van der Waals surface area contributed by atoms with Crippen molar-refractivity contribution in [1.82, 2.24) is 0 Å². The van der Waals surface area contributed by atoms with E-state index in [4.69, 9.17) is 18.9 Å². The minimum Gasteiger partial charge on any atom is -0.435 e. The average molecular weight is 635 g/mol. The summed E-state index contributed by atoms with van der Waals surface area (Å²) in [5.74, 6) is -0.481. The van der Waals surface area contributed by atoms with Crippen LogP contribution < -0.4 is 10.2 Å². The van der Waals surface area contributed by atoms with E-state index >= 15 is 0 Å². The molecule has 1 amide bonds. The molecule has 0 unspecified atom stereocenters. The molecule has 2 rings (SSSR count). The lowest BCUT2D eigenvalue weighted by atomic mass is 10.1. The van der Waals surface area contributed by atoms with Gasteiger partial charge in [0, 0.05) is 11.8 Å². The number of ether oxygens (including phenoxy) is 4. The molecule has 41 heavy (non-hydrogen) atoms. The number of hydrogen-bond acceptors (Lipinski definition) is 13. The molecule has 218 valence electrons. The second-order valence-corrected chi connectivity index (χ2v) is 8.54. The zero-order chi connectivity index (χ0) is 30.2. The highest BCUT2D eigenvalue weighted by atomic mass is 79.9. The van der Waals surface area contributed by atoms with E-state index in [0.29, 0.717) is 5.69 Å². The van der Waals surface area contributed by atoms with Crippen molar-refractivity contribution in [3.8, 4) is 6.07 Å². The molecule has 1 N–H and O–H groups in total. The summed E-state index contributed by atoms with van der Waals surface area (Å²) in [7, 11) is 0. The molecule has 0 saturated heterocycles. The highest BCUT2D eigenvalue weighted by Gasteiger charge is 2.29. The highest BCUT2D eigenvalue weighted by Crippen LogP contribution is 2.43. The second kappa shape index (κ2) is 17.0. The topological polar surface area (TPSA) is 195 Å². The van der Waals surface area contributed by atoms with Crippen molar-refractivity contribution in [3.63, 3.8) is 0 Å². The lowest BCUT2D eigenvalue weighted by molar-refractivity contribution is -0.384. The summed E-state index contributed by atoms with van der Waals surface area (Å²) in [5.41, 5.74) is -0.464. The number of benzene rings is 2. The van der Waals surface area contributed by atoms with Gasteiger partial charge < -0.3 is 29.2 Å². The van der Waals surface area contributed by atoms with Crippen molar-refractivity contribution >= 4 is 56.9 Å². The van der Waals surface area contributed by atoms with Crippen LogP contribution in [-0.2, 0) is 23.7 Å². The number of carbonyl (C=O) groups excluding carboxylic acids is 3. The number of nitro benzene ring substituents is 1. The number of halogens is 1. The smallest absolute Gasteiger partial charge is 0.435 e. The third-order valence-electron chi connectivity index (χ3n) is 4.96. The van der Waals surface area contributed by atoms with Crippen LogP contribution in [0, 0.1) is 21.4 Å². The van der Waals surface area contributed by atoms with E-state index in [9.17, 15) is 29.8 Å². The molecule has 0 aliphatic heterocycles. The summed E-state index contributed by atoms with van der Waals surface area (Å²) in [6, 6.07) is 11.7. The number of anilines is 2. The van der Waals surface area contributed by atoms with E-state index in [2.05, 4.69) is 31.5 Å². The van der Waals surface area contributed by atoms with Crippen LogP contribution in [0.4, 0.5) is 32.3 Å². The van der Waals surface area contributed by atoms with Crippen molar-refractivity contribution in [2.45, 2.75) is 13.8 Å². The van der Waals surface area contributed by atoms with Crippen LogP contribution in [0.15, 0.2) is 51.1 Å². The molecular weight excluding hydrogens is 608 g/mol. The molecule has 0 bridgehead atoms. The molecule has 2 aromatic carbocycles. The Morgan fingerprint density at radius 3 is 2.15 bits per heavy atom. The van der Waals surface area contributed by atoms with Crippen molar-refractivity contribution in [2.24, 2.45) is 10.2 Å². The predicted molar refractivity (Wildman–Crippen MR) is 148 cm³/mol. The average Bonchev–Trinajstić information content (AvgIpc) is 2.93. The van der Waals surface area contributed by atoms with Gasteiger partial charge in [-0.15, -0.1) is 0 Å².